The van der Waals surface area contributed by atoms with Gasteiger partial charge in [0.1, 0.15) is 11.4 Å². The number of hydrogen-bond acceptors (Lipinski definition) is 8. The van der Waals surface area contributed by atoms with Crippen molar-refractivity contribution < 1.29 is 19.1 Å². The zero-order valence-electron chi connectivity index (χ0n) is 25.6. The Kier molecular flexibility index (Phi) is 10.7. The van der Waals surface area contributed by atoms with Crippen molar-refractivity contribution in [1.82, 2.24) is 10.3 Å². The van der Waals surface area contributed by atoms with Gasteiger partial charge in [0.05, 0.1) is 22.6 Å². The van der Waals surface area contributed by atoms with Crippen molar-refractivity contribution in [2.24, 2.45) is 0 Å². The standard InChI is InChI=1S/C35H33N5O4S2/c1-4-44-27-17-18-29-31(21-27)46-35(38-29)39-32(41)22-45-28-12-8-11-25(20-28)36-34(43)30(37-33(42)24-9-6-5-7-10-24)19-23-13-15-26(16-14-23)40(2)3/h5-21H,4,22H2,1-3H3,(H,36,43)(H,37,42)(H,38,39,41)/b30-19+. The van der Waals surface area contributed by atoms with E-state index in [9.17, 15) is 14.4 Å². The van der Waals surface area contributed by atoms with Crippen molar-refractivity contribution in [3.63, 3.8) is 0 Å². The molecule has 0 aliphatic rings. The third kappa shape index (κ3) is 8.74. The second kappa shape index (κ2) is 15.2. The van der Waals surface area contributed by atoms with Gasteiger partial charge in [-0.1, -0.05) is 47.7 Å². The normalized spacial score (nSPS) is 11.2. The highest BCUT2D eigenvalue weighted by Crippen LogP contribution is 2.30. The minimum Gasteiger partial charge on any atom is -0.494 e. The first-order chi connectivity index (χ1) is 22.3. The Balaban J connectivity index is 1.24. The summed E-state index contributed by atoms with van der Waals surface area (Å²) in [6, 6.07) is 29.2. The lowest BCUT2D eigenvalue weighted by atomic mass is 10.1. The second-order valence-corrected chi connectivity index (χ2v) is 12.3. The summed E-state index contributed by atoms with van der Waals surface area (Å²) in [6.45, 7) is 2.50. The van der Waals surface area contributed by atoms with Crippen LogP contribution in [0.4, 0.5) is 16.5 Å². The molecule has 0 atom stereocenters. The third-order valence-electron chi connectivity index (χ3n) is 6.63. The Hall–Kier alpha value is -5.13. The summed E-state index contributed by atoms with van der Waals surface area (Å²) in [5.41, 5.74) is 3.60. The fraction of sp³-hybridized carbons (Fsp3) is 0.143. The minimum atomic E-state index is -0.482. The predicted octanol–water partition coefficient (Wildman–Crippen LogP) is 6.90. The molecule has 3 N–H and O–H groups in total. The van der Waals surface area contributed by atoms with Crippen molar-refractivity contribution in [2.75, 3.05) is 42.0 Å². The Bertz CT molecular complexity index is 1870. The summed E-state index contributed by atoms with van der Waals surface area (Å²) in [5, 5.41) is 9.03. The number of thiazole rings is 1. The Labute approximate surface area is 275 Å². The number of aromatic nitrogens is 1. The van der Waals surface area contributed by atoms with Crippen LogP contribution in [0.1, 0.15) is 22.8 Å². The number of ether oxygens (including phenoxy) is 1. The van der Waals surface area contributed by atoms with E-state index >= 15 is 0 Å². The van der Waals surface area contributed by atoms with Crippen LogP contribution in [0.3, 0.4) is 0 Å². The maximum Gasteiger partial charge on any atom is 0.272 e. The van der Waals surface area contributed by atoms with E-state index < -0.39 is 11.8 Å². The summed E-state index contributed by atoms with van der Waals surface area (Å²) in [7, 11) is 3.90. The molecule has 0 bridgehead atoms. The molecule has 11 heteroatoms. The van der Waals surface area contributed by atoms with Gasteiger partial charge in [-0.3, -0.25) is 14.4 Å². The number of benzene rings is 4. The summed E-state index contributed by atoms with van der Waals surface area (Å²) in [4.78, 5) is 46.5. The number of anilines is 3. The van der Waals surface area contributed by atoms with Gasteiger partial charge in [-0.2, -0.15) is 0 Å². The van der Waals surface area contributed by atoms with Gasteiger partial charge in [0.25, 0.3) is 11.8 Å². The fourth-order valence-corrected chi connectivity index (χ4v) is 6.02. The first-order valence-electron chi connectivity index (χ1n) is 14.5. The number of hydrogen-bond donors (Lipinski definition) is 3. The number of amides is 3. The fourth-order valence-electron chi connectivity index (χ4n) is 4.36. The molecule has 0 spiro atoms. The number of nitrogens with zero attached hydrogens (tertiary/aromatic N) is 2. The summed E-state index contributed by atoms with van der Waals surface area (Å²) in [5.74, 6) is -0.162. The second-order valence-electron chi connectivity index (χ2n) is 10.3. The number of rotatable bonds is 12. The van der Waals surface area contributed by atoms with Crippen molar-refractivity contribution in [3.8, 4) is 5.75 Å². The van der Waals surface area contributed by atoms with Crippen molar-refractivity contribution in [1.29, 1.82) is 0 Å². The van der Waals surface area contributed by atoms with Crippen LogP contribution >= 0.6 is 23.1 Å². The minimum absolute atomic E-state index is 0.0908. The quantitative estimate of drug-likeness (QED) is 0.0994. The van der Waals surface area contributed by atoms with E-state index in [4.69, 9.17) is 4.74 Å². The number of carbonyl (C=O) groups is 3. The van der Waals surface area contributed by atoms with Crippen molar-refractivity contribution >= 4 is 73.6 Å². The number of nitrogens with one attached hydrogen (secondary N) is 3. The zero-order chi connectivity index (χ0) is 32.5. The highest BCUT2D eigenvalue weighted by atomic mass is 32.2. The molecular weight excluding hydrogens is 619 g/mol. The van der Waals surface area contributed by atoms with Gasteiger partial charge in [0, 0.05) is 35.9 Å². The average Bonchev–Trinajstić information content (AvgIpc) is 3.46. The first kappa shape index (κ1) is 32.3. The van der Waals surface area contributed by atoms with Gasteiger partial charge in [0.15, 0.2) is 5.13 Å². The van der Waals surface area contributed by atoms with Crippen LogP contribution in [0, 0.1) is 0 Å². The molecule has 0 fully saturated rings. The number of fused-ring (bicyclic) bond motifs is 1. The average molecular weight is 652 g/mol. The SMILES string of the molecule is CCOc1ccc2nc(NC(=O)CSc3cccc(NC(=O)/C(=C\c4ccc(N(C)C)cc4)NC(=O)c4ccccc4)c3)sc2c1. The molecule has 1 heterocycles. The van der Waals surface area contributed by atoms with Crippen molar-refractivity contribution in [2.45, 2.75) is 11.8 Å². The molecule has 0 radical (unpaired) electrons. The maximum absolute atomic E-state index is 13.5. The molecular formula is C35H33N5O4S2. The molecule has 0 saturated carbocycles. The third-order valence-corrected chi connectivity index (χ3v) is 8.56. The van der Waals surface area contributed by atoms with Crippen LogP contribution in [0.2, 0.25) is 0 Å². The molecule has 5 aromatic rings. The van der Waals surface area contributed by atoms with Crippen molar-refractivity contribution in [3.05, 3.63) is 114 Å². The highest BCUT2D eigenvalue weighted by molar-refractivity contribution is 8.00. The van der Waals surface area contributed by atoms with Crippen LogP contribution < -0.4 is 25.6 Å². The van der Waals surface area contributed by atoms with Crippen LogP contribution in [0.25, 0.3) is 16.3 Å². The Morgan fingerprint density at radius 3 is 2.43 bits per heavy atom. The molecule has 4 aromatic carbocycles. The Morgan fingerprint density at radius 2 is 1.70 bits per heavy atom. The van der Waals surface area contributed by atoms with E-state index in [1.54, 1.807) is 48.5 Å². The summed E-state index contributed by atoms with van der Waals surface area (Å²) in [6.07, 6.45) is 1.64. The lowest BCUT2D eigenvalue weighted by molar-refractivity contribution is -0.114. The van der Waals surface area contributed by atoms with E-state index in [1.165, 1.54) is 23.1 Å². The van der Waals surface area contributed by atoms with E-state index in [0.29, 0.717) is 23.0 Å². The lowest BCUT2D eigenvalue weighted by Gasteiger charge is -2.14. The molecule has 9 nitrogen and oxygen atoms in total. The summed E-state index contributed by atoms with van der Waals surface area (Å²) < 4.78 is 6.48. The van der Waals surface area contributed by atoms with Crippen LogP contribution in [-0.4, -0.2) is 49.2 Å². The lowest BCUT2D eigenvalue weighted by Crippen LogP contribution is -2.30. The van der Waals surface area contributed by atoms with Gasteiger partial charge in [-0.15, -0.1) is 11.8 Å². The Morgan fingerprint density at radius 1 is 0.913 bits per heavy atom. The molecule has 0 saturated heterocycles. The monoisotopic (exact) mass is 651 g/mol. The first-order valence-corrected chi connectivity index (χ1v) is 16.3. The smallest absolute Gasteiger partial charge is 0.272 e. The molecule has 234 valence electrons. The molecule has 46 heavy (non-hydrogen) atoms. The van der Waals surface area contributed by atoms with Gasteiger partial charge < -0.3 is 25.6 Å². The van der Waals surface area contributed by atoms with Gasteiger partial charge >= 0.3 is 0 Å². The zero-order valence-corrected chi connectivity index (χ0v) is 27.2. The van der Waals surface area contributed by atoms with E-state index in [0.717, 1.165) is 32.1 Å². The van der Waals surface area contributed by atoms with Crippen LogP contribution in [0.15, 0.2) is 108 Å². The molecule has 3 amide bonds. The van der Waals surface area contributed by atoms with E-state index in [2.05, 4.69) is 20.9 Å². The van der Waals surface area contributed by atoms with Gasteiger partial charge in [-0.25, -0.2) is 4.98 Å². The molecule has 0 aliphatic carbocycles. The maximum atomic E-state index is 13.5. The van der Waals surface area contributed by atoms with Crippen LogP contribution in [0.5, 0.6) is 5.75 Å². The number of thioether (sulfide) groups is 1. The summed E-state index contributed by atoms with van der Waals surface area (Å²) >= 11 is 2.72. The molecule has 5 rings (SSSR count). The molecule has 0 aliphatic heterocycles. The van der Waals surface area contributed by atoms with Gasteiger partial charge in [-0.05, 0) is 79.2 Å². The largest absolute Gasteiger partial charge is 0.494 e. The highest BCUT2D eigenvalue weighted by Gasteiger charge is 2.16. The number of carbonyl (C=O) groups excluding carboxylic acids is 3. The predicted molar refractivity (Wildman–Crippen MR) is 188 cm³/mol. The van der Waals surface area contributed by atoms with E-state index in [-0.39, 0.29) is 17.4 Å². The van der Waals surface area contributed by atoms with E-state index in [1.807, 2.05) is 80.5 Å². The molecule has 1 aromatic heterocycles. The van der Waals surface area contributed by atoms with Crippen LogP contribution in [-0.2, 0) is 9.59 Å². The molecule has 0 unspecified atom stereocenters. The topological polar surface area (TPSA) is 113 Å². The van der Waals surface area contributed by atoms with Gasteiger partial charge in [0.2, 0.25) is 5.91 Å².